The Hall–Kier alpha value is -3.09. The van der Waals surface area contributed by atoms with Crippen LogP contribution in [0.25, 0.3) is 0 Å². The van der Waals surface area contributed by atoms with Gasteiger partial charge in [0.15, 0.2) is 6.10 Å². The van der Waals surface area contributed by atoms with Crippen molar-refractivity contribution in [1.82, 2.24) is 9.80 Å². The quantitative estimate of drug-likeness (QED) is 0.793. The number of hydrogen-bond acceptors (Lipinski definition) is 4. The van der Waals surface area contributed by atoms with Crippen molar-refractivity contribution < 1.29 is 23.5 Å². The Morgan fingerprint density at radius 1 is 0.964 bits per heavy atom. The van der Waals surface area contributed by atoms with Gasteiger partial charge in [-0.25, -0.2) is 4.39 Å². The molecular weight excluding hydrogens is 363 g/mol. The second kappa shape index (κ2) is 8.73. The van der Waals surface area contributed by atoms with Gasteiger partial charge < -0.3 is 19.3 Å². The van der Waals surface area contributed by atoms with Crippen molar-refractivity contribution >= 4 is 11.8 Å². The van der Waals surface area contributed by atoms with Crippen LogP contribution in [0, 0.1) is 5.82 Å². The van der Waals surface area contributed by atoms with Crippen LogP contribution in [0.2, 0.25) is 0 Å². The van der Waals surface area contributed by atoms with Gasteiger partial charge in [-0.05, 0) is 43.3 Å². The van der Waals surface area contributed by atoms with Crippen LogP contribution in [-0.2, 0) is 4.79 Å². The minimum absolute atomic E-state index is 0.111. The summed E-state index contributed by atoms with van der Waals surface area (Å²) in [5.41, 5.74) is 0.512. The molecular formula is C21H23FN2O4. The van der Waals surface area contributed by atoms with Crippen molar-refractivity contribution in [2.24, 2.45) is 0 Å². The second-order valence-electron chi connectivity index (χ2n) is 6.53. The summed E-state index contributed by atoms with van der Waals surface area (Å²) in [4.78, 5) is 28.8. The van der Waals surface area contributed by atoms with Crippen LogP contribution in [0.15, 0.2) is 48.5 Å². The van der Waals surface area contributed by atoms with Gasteiger partial charge in [0.1, 0.15) is 17.3 Å². The standard InChI is InChI=1S/C21H23FN2O4/c1-15(28-17-9-7-16(22)8-10-17)20(25)23-11-13-24(14-12-23)21(26)18-5-3-4-6-19(18)27-2/h3-10,15H,11-14H2,1-2H3. The molecule has 0 aromatic heterocycles. The molecule has 28 heavy (non-hydrogen) atoms. The number of amides is 2. The van der Waals surface area contributed by atoms with E-state index in [2.05, 4.69) is 0 Å². The maximum absolute atomic E-state index is 13.0. The van der Waals surface area contributed by atoms with Gasteiger partial charge in [0.05, 0.1) is 12.7 Å². The molecule has 0 saturated carbocycles. The Bertz CT molecular complexity index is 833. The lowest BCUT2D eigenvalue weighted by atomic mass is 10.1. The number of ether oxygens (including phenoxy) is 2. The Morgan fingerprint density at radius 3 is 2.21 bits per heavy atom. The third-order valence-corrected chi connectivity index (χ3v) is 4.69. The highest BCUT2D eigenvalue weighted by Crippen LogP contribution is 2.20. The predicted octanol–water partition coefficient (Wildman–Crippen LogP) is 2.59. The molecule has 0 spiro atoms. The molecule has 1 heterocycles. The van der Waals surface area contributed by atoms with Gasteiger partial charge in [-0.3, -0.25) is 9.59 Å². The third kappa shape index (κ3) is 4.42. The molecule has 0 bridgehead atoms. The van der Waals surface area contributed by atoms with E-state index in [0.717, 1.165) is 0 Å². The molecule has 0 aliphatic carbocycles. The molecule has 1 aliphatic heterocycles. The Balaban J connectivity index is 1.56. The van der Waals surface area contributed by atoms with E-state index in [1.165, 1.54) is 31.4 Å². The normalized spacial score (nSPS) is 15.1. The van der Waals surface area contributed by atoms with E-state index in [4.69, 9.17) is 9.47 Å². The maximum Gasteiger partial charge on any atom is 0.263 e. The lowest BCUT2D eigenvalue weighted by molar-refractivity contribution is -0.139. The van der Waals surface area contributed by atoms with Crippen LogP contribution in [-0.4, -0.2) is 61.0 Å². The van der Waals surface area contributed by atoms with E-state index >= 15 is 0 Å². The van der Waals surface area contributed by atoms with E-state index < -0.39 is 6.10 Å². The number of carbonyl (C=O) groups is 2. The third-order valence-electron chi connectivity index (χ3n) is 4.69. The Kier molecular flexibility index (Phi) is 6.13. The number of methoxy groups -OCH3 is 1. The minimum atomic E-state index is -0.693. The molecule has 2 aromatic carbocycles. The van der Waals surface area contributed by atoms with Gasteiger partial charge in [0, 0.05) is 26.2 Å². The van der Waals surface area contributed by atoms with Gasteiger partial charge in [0.2, 0.25) is 0 Å². The molecule has 1 saturated heterocycles. The number of halogens is 1. The summed E-state index contributed by atoms with van der Waals surface area (Å²) in [7, 11) is 1.53. The molecule has 7 heteroatoms. The molecule has 148 valence electrons. The second-order valence-corrected chi connectivity index (χ2v) is 6.53. The van der Waals surface area contributed by atoms with Gasteiger partial charge in [-0.15, -0.1) is 0 Å². The van der Waals surface area contributed by atoms with E-state index in [-0.39, 0.29) is 17.6 Å². The fourth-order valence-electron chi connectivity index (χ4n) is 3.15. The lowest BCUT2D eigenvalue weighted by Gasteiger charge is -2.36. The summed E-state index contributed by atoms with van der Waals surface area (Å²) in [6, 6.07) is 12.6. The minimum Gasteiger partial charge on any atom is -0.496 e. The fraction of sp³-hybridized carbons (Fsp3) is 0.333. The first-order valence-electron chi connectivity index (χ1n) is 9.13. The first kappa shape index (κ1) is 19.7. The molecule has 6 nitrogen and oxygen atoms in total. The summed E-state index contributed by atoms with van der Waals surface area (Å²) < 4.78 is 23.8. The van der Waals surface area contributed by atoms with Crippen molar-refractivity contribution in [2.45, 2.75) is 13.0 Å². The number of benzene rings is 2. The molecule has 2 aromatic rings. The fourth-order valence-corrected chi connectivity index (χ4v) is 3.15. The number of rotatable bonds is 5. The van der Waals surface area contributed by atoms with Gasteiger partial charge in [-0.1, -0.05) is 12.1 Å². The summed E-state index contributed by atoms with van der Waals surface area (Å²) in [6.07, 6.45) is -0.693. The topological polar surface area (TPSA) is 59.1 Å². The largest absolute Gasteiger partial charge is 0.496 e. The van der Waals surface area contributed by atoms with Crippen LogP contribution in [0.4, 0.5) is 4.39 Å². The van der Waals surface area contributed by atoms with Crippen molar-refractivity contribution in [1.29, 1.82) is 0 Å². The van der Waals surface area contributed by atoms with Gasteiger partial charge >= 0.3 is 0 Å². The smallest absolute Gasteiger partial charge is 0.263 e. The molecule has 1 aliphatic rings. The average Bonchev–Trinajstić information content (AvgIpc) is 2.74. The SMILES string of the molecule is COc1ccccc1C(=O)N1CCN(C(=O)C(C)Oc2ccc(F)cc2)CC1. The van der Waals surface area contributed by atoms with E-state index in [1.54, 1.807) is 34.9 Å². The monoisotopic (exact) mass is 386 g/mol. The van der Waals surface area contributed by atoms with Crippen molar-refractivity contribution in [2.75, 3.05) is 33.3 Å². The lowest BCUT2D eigenvalue weighted by Crippen LogP contribution is -2.53. The number of para-hydroxylation sites is 1. The van der Waals surface area contributed by atoms with Crippen LogP contribution in [0.5, 0.6) is 11.5 Å². The van der Waals surface area contributed by atoms with E-state index in [9.17, 15) is 14.0 Å². The Morgan fingerprint density at radius 2 is 1.57 bits per heavy atom. The summed E-state index contributed by atoms with van der Waals surface area (Å²) in [6.45, 7) is 3.39. The molecule has 3 rings (SSSR count). The molecule has 1 unspecified atom stereocenters. The summed E-state index contributed by atoms with van der Waals surface area (Å²) in [5, 5.41) is 0. The highest BCUT2D eigenvalue weighted by molar-refractivity contribution is 5.97. The first-order chi connectivity index (χ1) is 13.5. The molecule has 2 amide bonds. The zero-order valence-corrected chi connectivity index (χ0v) is 15.9. The highest BCUT2D eigenvalue weighted by Gasteiger charge is 2.29. The van der Waals surface area contributed by atoms with Crippen LogP contribution < -0.4 is 9.47 Å². The van der Waals surface area contributed by atoms with Gasteiger partial charge in [-0.2, -0.15) is 0 Å². The van der Waals surface area contributed by atoms with Crippen molar-refractivity contribution in [3.63, 3.8) is 0 Å². The summed E-state index contributed by atoms with van der Waals surface area (Å²) in [5.74, 6) is 0.343. The summed E-state index contributed by atoms with van der Waals surface area (Å²) >= 11 is 0. The first-order valence-corrected chi connectivity index (χ1v) is 9.13. The zero-order valence-electron chi connectivity index (χ0n) is 15.9. The van der Waals surface area contributed by atoms with Gasteiger partial charge in [0.25, 0.3) is 11.8 Å². The van der Waals surface area contributed by atoms with Crippen LogP contribution in [0.3, 0.4) is 0 Å². The number of piperazine rings is 1. The molecule has 0 radical (unpaired) electrons. The highest BCUT2D eigenvalue weighted by atomic mass is 19.1. The molecule has 1 fully saturated rings. The van der Waals surface area contributed by atoms with Crippen molar-refractivity contribution in [3.05, 3.63) is 59.9 Å². The number of hydrogen-bond donors (Lipinski definition) is 0. The van der Waals surface area contributed by atoms with E-state index in [0.29, 0.717) is 43.2 Å². The zero-order chi connectivity index (χ0) is 20.1. The van der Waals surface area contributed by atoms with Crippen molar-refractivity contribution in [3.8, 4) is 11.5 Å². The van der Waals surface area contributed by atoms with Crippen LogP contribution >= 0.6 is 0 Å². The molecule has 1 atom stereocenters. The number of nitrogens with zero attached hydrogens (tertiary/aromatic N) is 2. The van der Waals surface area contributed by atoms with Crippen LogP contribution in [0.1, 0.15) is 17.3 Å². The Labute approximate surface area is 163 Å². The predicted molar refractivity (Wildman–Crippen MR) is 102 cm³/mol. The number of carbonyl (C=O) groups excluding carboxylic acids is 2. The average molecular weight is 386 g/mol. The van der Waals surface area contributed by atoms with E-state index in [1.807, 2.05) is 6.07 Å². The molecule has 0 N–H and O–H groups in total. The maximum atomic E-state index is 13.0.